The number of imide groups is 1. The standard InChI is InChI=1S/C23H31N3O5/c1-17-5-7-18(8-6-17)9-10-19(27)24-14-16-31-20(28)11-15-26-21(29)23(25-22(26)30)12-3-2-4-13-23/h5-8H,2-4,9-16H2,1H3,(H,24,27)(H,25,30). The Hall–Kier alpha value is -2.90. The zero-order valence-corrected chi connectivity index (χ0v) is 18.1. The second-order valence-corrected chi connectivity index (χ2v) is 8.34. The highest BCUT2D eigenvalue weighted by molar-refractivity contribution is 6.07. The van der Waals surface area contributed by atoms with Crippen LogP contribution in [0.1, 0.15) is 56.1 Å². The minimum atomic E-state index is -0.776. The Bertz CT molecular complexity index is 815. The lowest BCUT2D eigenvalue weighted by Crippen LogP contribution is -2.48. The number of rotatable bonds is 9. The first kappa shape index (κ1) is 22.8. The van der Waals surface area contributed by atoms with Crippen molar-refractivity contribution in [2.45, 2.75) is 63.8 Å². The van der Waals surface area contributed by atoms with Crippen molar-refractivity contribution in [2.24, 2.45) is 0 Å². The van der Waals surface area contributed by atoms with Crippen LogP contribution in [0.5, 0.6) is 0 Å². The maximum absolute atomic E-state index is 12.7. The summed E-state index contributed by atoms with van der Waals surface area (Å²) in [7, 11) is 0. The Kier molecular flexibility index (Phi) is 7.65. The van der Waals surface area contributed by atoms with Crippen LogP contribution in [0.4, 0.5) is 4.79 Å². The summed E-state index contributed by atoms with van der Waals surface area (Å²) < 4.78 is 5.11. The molecule has 2 aliphatic rings. The Morgan fingerprint density at radius 3 is 2.52 bits per heavy atom. The lowest BCUT2D eigenvalue weighted by molar-refractivity contribution is -0.144. The fourth-order valence-corrected chi connectivity index (χ4v) is 4.11. The van der Waals surface area contributed by atoms with Gasteiger partial charge in [0.2, 0.25) is 5.91 Å². The summed E-state index contributed by atoms with van der Waals surface area (Å²) in [5.41, 5.74) is 1.50. The van der Waals surface area contributed by atoms with Crippen LogP contribution in [0.15, 0.2) is 24.3 Å². The zero-order valence-electron chi connectivity index (χ0n) is 18.1. The molecule has 2 fully saturated rings. The van der Waals surface area contributed by atoms with Crippen molar-refractivity contribution in [3.05, 3.63) is 35.4 Å². The van der Waals surface area contributed by atoms with E-state index in [0.717, 1.165) is 29.7 Å². The van der Waals surface area contributed by atoms with Gasteiger partial charge in [-0.15, -0.1) is 0 Å². The van der Waals surface area contributed by atoms with Crippen LogP contribution in [0.3, 0.4) is 0 Å². The summed E-state index contributed by atoms with van der Waals surface area (Å²) in [4.78, 5) is 49.8. The molecule has 0 radical (unpaired) electrons. The van der Waals surface area contributed by atoms with Gasteiger partial charge in [0, 0.05) is 13.0 Å². The molecule has 1 saturated carbocycles. The van der Waals surface area contributed by atoms with Gasteiger partial charge in [0.05, 0.1) is 13.0 Å². The maximum atomic E-state index is 12.7. The first-order chi connectivity index (χ1) is 14.9. The first-order valence-electron chi connectivity index (χ1n) is 11.0. The van der Waals surface area contributed by atoms with Gasteiger partial charge < -0.3 is 15.4 Å². The quantitative estimate of drug-likeness (QED) is 0.356. The molecule has 0 unspecified atom stereocenters. The molecular formula is C23H31N3O5. The Balaban J connectivity index is 1.30. The fourth-order valence-electron chi connectivity index (χ4n) is 4.11. The molecule has 1 aliphatic heterocycles. The third-order valence-corrected chi connectivity index (χ3v) is 5.94. The highest BCUT2D eigenvalue weighted by Crippen LogP contribution is 2.33. The average molecular weight is 430 g/mol. The Labute approximate surface area is 182 Å². The van der Waals surface area contributed by atoms with Gasteiger partial charge in [0.25, 0.3) is 5.91 Å². The van der Waals surface area contributed by atoms with Crippen molar-refractivity contribution in [1.82, 2.24) is 15.5 Å². The van der Waals surface area contributed by atoms with E-state index in [0.29, 0.717) is 25.7 Å². The second-order valence-electron chi connectivity index (χ2n) is 8.34. The van der Waals surface area contributed by atoms with Gasteiger partial charge in [-0.05, 0) is 31.7 Å². The molecule has 4 amide bonds. The average Bonchev–Trinajstić information content (AvgIpc) is 2.98. The number of amides is 4. The minimum Gasteiger partial charge on any atom is -0.464 e. The normalized spacial score (nSPS) is 17.5. The molecule has 0 bridgehead atoms. The molecule has 1 aromatic carbocycles. The number of benzene rings is 1. The van der Waals surface area contributed by atoms with Crippen LogP contribution in [-0.4, -0.2) is 54.0 Å². The van der Waals surface area contributed by atoms with E-state index in [2.05, 4.69) is 10.6 Å². The van der Waals surface area contributed by atoms with Crippen LogP contribution in [0.25, 0.3) is 0 Å². The summed E-state index contributed by atoms with van der Waals surface area (Å²) in [5.74, 6) is -0.835. The van der Waals surface area contributed by atoms with Gasteiger partial charge in [-0.25, -0.2) is 4.79 Å². The van der Waals surface area contributed by atoms with Crippen LogP contribution >= 0.6 is 0 Å². The van der Waals surface area contributed by atoms with Gasteiger partial charge in [-0.2, -0.15) is 0 Å². The van der Waals surface area contributed by atoms with Gasteiger partial charge in [0.1, 0.15) is 12.1 Å². The predicted octanol–water partition coefficient (Wildman–Crippen LogP) is 2.23. The van der Waals surface area contributed by atoms with Crippen molar-refractivity contribution in [2.75, 3.05) is 19.7 Å². The van der Waals surface area contributed by atoms with E-state index >= 15 is 0 Å². The van der Waals surface area contributed by atoms with E-state index in [-0.39, 0.29) is 37.9 Å². The van der Waals surface area contributed by atoms with E-state index in [1.54, 1.807) is 0 Å². The molecule has 8 heteroatoms. The summed E-state index contributed by atoms with van der Waals surface area (Å²) in [5, 5.41) is 5.55. The lowest BCUT2D eigenvalue weighted by atomic mass is 9.82. The molecule has 3 rings (SSSR count). The number of aryl methyl sites for hydroxylation is 2. The van der Waals surface area contributed by atoms with Crippen molar-refractivity contribution in [1.29, 1.82) is 0 Å². The predicted molar refractivity (Wildman–Crippen MR) is 114 cm³/mol. The van der Waals surface area contributed by atoms with Crippen molar-refractivity contribution in [3.8, 4) is 0 Å². The van der Waals surface area contributed by atoms with E-state index < -0.39 is 17.5 Å². The molecule has 2 N–H and O–H groups in total. The Morgan fingerprint density at radius 1 is 1.10 bits per heavy atom. The van der Waals surface area contributed by atoms with Crippen LogP contribution in [0, 0.1) is 6.92 Å². The van der Waals surface area contributed by atoms with Crippen LogP contribution < -0.4 is 10.6 Å². The number of hydrogen-bond acceptors (Lipinski definition) is 5. The molecule has 0 atom stereocenters. The molecule has 1 aliphatic carbocycles. The fraction of sp³-hybridized carbons (Fsp3) is 0.565. The van der Waals surface area contributed by atoms with Gasteiger partial charge >= 0.3 is 12.0 Å². The monoisotopic (exact) mass is 429 g/mol. The Morgan fingerprint density at radius 2 is 1.81 bits per heavy atom. The van der Waals surface area contributed by atoms with Crippen molar-refractivity contribution >= 4 is 23.8 Å². The van der Waals surface area contributed by atoms with E-state index in [9.17, 15) is 19.2 Å². The van der Waals surface area contributed by atoms with Gasteiger partial charge in [0.15, 0.2) is 0 Å². The topological polar surface area (TPSA) is 105 Å². The number of nitrogens with one attached hydrogen (secondary N) is 2. The number of esters is 1. The van der Waals surface area contributed by atoms with E-state index in [4.69, 9.17) is 4.74 Å². The highest BCUT2D eigenvalue weighted by Gasteiger charge is 2.51. The number of ether oxygens (including phenoxy) is 1. The number of nitrogens with zero attached hydrogens (tertiary/aromatic N) is 1. The van der Waals surface area contributed by atoms with E-state index in [1.807, 2.05) is 31.2 Å². The number of hydrogen-bond donors (Lipinski definition) is 2. The lowest BCUT2D eigenvalue weighted by Gasteiger charge is -2.30. The molecule has 168 valence electrons. The largest absolute Gasteiger partial charge is 0.464 e. The second kappa shape index (κ2) is 10.4. The number of carbonyl (C=O) groups is 4. The first-order valence-corrected chi connectivity index (χ1v) is 11.0. The molecule has 1 aromatic rings. The summed E-state index contributed by atoms with van der Waals surface area (Å²) >= 11 is 0. The molecule has 31 heavy (non-hydrogen) atoms. The summed E-state index contributed by atoms with van der Waals surface area (Å²) in [6.07, 6.45) is 5.17. The third-order valence-electron chi connectivity index (χ3n) is 5.94. The molecule has 1 saturated heterocycles. The summed E-state index contributed by atoms with van der Waals surface area (Å²) in [6.45, 7) is 2.31. The SMILES string of the molecule is Cc1ccc(CCC(=O)NCCOC(=O)CCN2C(=O)NC3(CCCCC3)C2=O)cc1. The van der Waals surface area contributed by atoms with Crippen molar-refractivity contribution < 1.29 is 23.9 Å². The van der Waals surface area contributed by atoms with Gasteiger partial charge in [-0.1, -0.05) is 49.1 Å². The molecule has 1 spiro atoms. The zero-order chi connectivity index (χ0) is 22.3. The van der Waals surface area contributed by atoms with Crippen LogP contribution in [-0.2, 0) is 25.5 Å². The maximum Gasteiger partial charge on any atom is 0.325 e. The number of urea groups is 1. The minimum absolute atomic E-state index is 0.00809. The smallest absolute Gasteiger partial charge is 0.325 e. The highest BCUT2D eigenvalue weighted by atomic mass is 16.5. The molecule has 1 heterocycles. The van der Waals surface area contributed by atoms with Crippen molar-refractivity contribution in [3.63, 3.8) is 0 Å². The number of carbonyl (C=O) groups excluding carboxylic acids is 4. The summed E-state index contributed by atoms with van der Waals surface area (Å²) in [6, 6.07) is 7.61. The third kappa shape index (κ3) is 6.06. The van der Waals surface area contributed by atoms with Crippen LogP contribution in [0.2, 0.25) is 0 Å². The molecule has 0 aromatic heterocycles. The molecular weight excluding hydrogens is 398 g/mol. The van der Waals surface area contributed by atoms with E-state index in [1.165, 1.54) is 5.56 Å². The molecule has 8 nitrogen and oxygen atoms in total. The van der Waals surface area contributed by atoms with Gasteiger partial charge in [-0.3, -0.25) is 19.3 Å².